The molecule has 170 valence electrons. The molecule has 0 saturated heterocycles. The second kappa shape index (κ2) is 7.56. The van der Waals surface area contributed by atoms with E-state index in [1.807, 2.05) is 44.2 Å². The summed E-state index contributed by atoms with van der Waals surface area (Å²) in [6.07, 6.45) is 3.46. The fraction of sp³-hybridized carbons (Fsp3) is 0.308. The van der Waals surface area contributed by atoms with Gasteiger partial charge in [0, 0.05) is 17.7 Å². The van der Waals surface area contributed by atoms with E-state index in [1.54, 1.807) is 6.07 Å². The Hall–Kier alpha value is -3.45. The molecule has 0 aromatic heterocycles. The SMILES string of the molecule is COC(=O)C1(NCc2ccc(C3=C/C(=C4\C(=O)Nc5cc(F)ccc54)OC3(C)C)cc2)CC1. The van der Waals surface area contributed by atoms with E-state index in [4.69, 9.17) is 9.47 Å². The molecule has 6 nitrogen and oxygen atoms in total. The van der Waals surface area contributed by atoms with Gasteiger partial charge in [0.25, 0.3) is 5.91 Å². The number of anilines is 1. The number of ether oxygens (including phenoxy) is 2. The molecule has 0 atom stereocenters. The van der Waals surface area contributed by atoms with E-state index in [1.165, 1.54) is 19.2 Å². The Bertz CT molecular complexity index is 1220. The number of esters is 1. The monoisotopic (exact) mass is 448 g/mol. The zero-order chi connectivity index (χ0) is 23.4. The molecule has 1 amide bonds. The van der Waals surface area contributed by atoms with Crippen LogP contribution in [0.4, 0.5) is 10.1 Å². The predicted molar refractivity (Wildman–Crippen MR) is 122 cm³/mol. The van der Waals surface area contributed by atoms with Gasteiger partial charge in [0.15, 0.2) is 0 Å². The van der Waals surface area contributed by atoms with Crippen LogP contribution in [-0.4, -0.2) is 30.1 Å². The van der Waals surface area contributed by atoms with Gasteiger partial charge in [-0.25, -0.2) is 4.39 Å². The van der Waals surface area contributed by atoms with Crippen molar-refractivity contribution in [2.24, 2.45) is 0 Å². The van der Waals surface area contributed by atoms with E-state index in [-0.39, 0.29) is 11.9 Å². The largest absolute Gasteiger partial charge is 0.482 e. The minimum absolute atomic E-state index is 0.213. The van der Waals surface area contributed by atoms with Gasteiger partial charge >= 0.3 is 5.97 Å². The summed E-state index contributed by atoms with van der Waals surface area (Å²) < 4.78 is 24.7. The number of carbonyl (C=O) groups is 2. The summed E-state index contributed by atoms with van der Waals surface area (Å²) in [7, 11) is 1.41. The lowest BCUT2D eigenvalue weighted by Gasteiger charge is -2.23. The number of rotatable bonds is 5. The number of hydrogen-bond acceptors (Lipinski definition) is 5. The molecule has 2 aromatic carbocycles. The third-order valence-corrected chi connectivity index (χ3v) is 6.48. The zero-order valence-corrected chi connectivity index (χ0v) is 18.8. The van der Waals surface area contributed by atoms with Gasteiger partial charge in [-0.1, -0.05) is 24.3 Å². The third-order valence-electron chi connectivity index (χ3n) is 6.48. The Morgan fingerprint density at radius 3 is 2.58 bits per heavy atom. The lowest BCUT2D eigenvalue weighted by atomic mass is 9.91. The van der Waals surface area contributed by atoms with Gasteiger partial charge in [-0.2, -0.15) is 0 Å². The highest BCUT2D eigenvalue weighted by Gasteiger charge is 2.50. The molecular weight excluding hydrogens is 423 g/mol. The number of halogens is 1. The van der Waals surface area contributed by atoms with Crippen molar-refractivity contribution in [2.75, 3.05) is 12.4 Å². The first kappa shape index (κ1) is 21.4. The molecule has 0 unspecified atom stereocenters. The predicted octanol–water partition coefficient (Wildman–Crippen LogP) is 4.18. The van der Waals surface area contributed by atoms with Gasteiger partial charge in [-0.3, -0.25) is 14.9 Å². The summed E-state index contributed by atoms with van der Waals surface area (Å²) in [5.74, 6) is -0.454. The number of hydrogen-bond donors (Lipinski definition) is 2. The normalized spacial score (nSPS) is 21.7. The van der Waals surface area contributed by atoms with Gasteiger partial charge < -0.3 is 14.8 Å². The standard InChI is InChI=1S/C26H25FN2O4/c1-25(2)19(13-21(33-25)22-18-9-8-17(27)12-20(18)29-23(22)30)16-6-4-15(5-7-16)14-28-26(10-11-26)24(31)32-3/h4-9,12-13,28H,10-11,14H2,1-3H3,(H,29,30)/b22-21+. The number of methoxy groups -OCH3 is 1. The summed E-state index contributed by atoms with van der Waals surface area (Å²) in [6, 6.07) is 12.3. The first-order valence-electron chi connectivity index (χ1n) is 10.9. The molecule has 3 aliphatic rings. The van der Waals surface area contributed by atoms with Crippen LogP contribution < -0.4 is 10.6 Å². The van der Waals surface area contributed by atoms with Gasteiger partial charge in [0.05, 0.1) is 18.4 Å². The Morgan fingerprint density at radius 2 is 1.91 bits per heavy atom. The Kier molecular flexibility index (Phi) is 4.90. The van der Waals surface area contributed by atoms with Crippen molar-refractivity contribution in [3.63, 3.8) is 0 Å². The van der Waals surface area contributed by atoms with E-state index in [0.717, 1.165) is 29.5 Å². The molecular formula is C26H25FN2O4. The van der Waals surface area contributed by atoms with E-state index in [9.17, 15) is 14.0 Å². The molecule has 2 N–H and O–H groups in total. The average molecular weight is 448 g/mol. The first-order valence-corrected chi connectivity index (χ1v) is 10.9. The molecule has 33 heavy (non-hydrogen) atoms. The van der Waals surface area contributed by atoms with Crippen molar-refractivity contribution in [1.29, 1.82) is 0 Å². The maximum atomic E-state index is 13.6. The van der Waals surface area contributed by atoms with Crippen molar-refractivity contribution in [1.82, 2.24) is 5.32 Å². The van der Waals surface area contributed by atoms with Crippen molar-refractivity contribution in [3.05, 3.63) is 76.8 Å². The van der Waals surface area contributed by atoms with Crippen LogP contribution in [-0.2, 0) is 25.6 Å². The van der Waals surface area contributed by atoms with Crippen LogP contribution >= 0.6 is 0 Å². The minimum Gasteiger partial charge on any atom is -0.482 e. The molecule has 1 aliphatic carbocycles. The number of benzene rings is 2. The van der Waals surface area contributed by atoms with Crippen LogP contribution in [0, 0.1) is 5.82 Å². The van der Waals surface area contributed by atoms with E-state index in [0.29, 0.717) is 29.1 Å². The second-order valence-corrected chi connectivity index (χ2v) is 9.18. The van der Waals surface area contributed by atoms with Gasteiger partial charge in [-0.15, -0.1) is 0 Å². The van der Waals surface area contributed by atoms with Crippen LogP contribution in [0.1, 0.15) is 43.4 Å². The third kappa shape index (κ3) is 3.72. The lowest BCUT2D eigenvalue weighted by Crippen LogP contribution is -2.39. The number of allylic oxidation sites excluding steroid dienone is 1. The molecule has 0 spiro atoms. The number of nitrogens with one attached hydrogen (secondary N) is 2. The van der Waals surface area contributed by atoms with Crippen LogP contribution in [0.5, 0.6) is 0 Å². The quantitative estimate of drug-likeness (QED) is 0.530. The summed E-state index contributed by atoms with van der Waals surface area (Å²) in [4.78, 5) is 24.5. The van der Waals surface area contributed by atoms with Crippen molar-refractivity contribution >= 4 is 28.7 Å². The van der Waals surface area contributed by atoms with Crippen LogP contribution in [0.15, 0.2) is 54.3 Å². The van der Waals surface area contributed by atoms with Crippen molar-refractivity contribution in [2.45, 2.75) is 44.4 Å². The Labute approximate surface area is 191 Å². The maximum Gasteiger partial charge on any atom is 0.326 e. The van der Waals surface area contributed by atoms with Crippen LogP contribution in [0.3, 0.4) is 0 Å². The number of carbonyl (C=O) groups excluding carboxylic acids is 2. The topological polar surface area (TPSA) is 76.7 Å². The summed E-state index contributed by atoms with van der Waals surface area (Å²) in [5.41, 5.74) is 3.27. The molecule has 2 heterocycles. The van der Waals surface area contributed by atoms with Crippen LogP contribution in [0.25, 0.3) is 11.1 Å². The molecule has 1 saturated carbocycles. The van der Waals surface area contributed by atoms with E-state index >= 15 is 0 Å². The Morgan fingerprint density at radius 1 is 1.18 bits per heavy atom. The van der Waals surface area contributed by atoms with Crippen LogP contribution in [0.2, 0.25) is 0 Å². The maximum absolute atomic E-state index is 13.6. The highest BCUT2D eigenvalue weighted by molar-refractivity contribution is 6.32. The molecule has 1 fully saturated rings. The summed E-state index contributed by atoms with van der Waals surface area (Å²) in [5, 5.41) is 6.02. The van der Waals surface area contributed by atoms with Gasteiger partial charge in [0.1, 0.15) is 22.7 Å². The number of amides is 1. The zero-order valence-electron chi connectivity index (χ0n) is 18.8. The fourth-order valence-electron chi connectivity index (χ4n) is 4.45. The molecule has 7 heteroatoms. The smallest absolute Gasteiger partial charge is 0.326 e. The van der Waals surface area contributed by atoms with E-state index < -0.39 is 17.0 Å². The lowest BCUT2D eigenvalue weighted by molar-refractivity contribution is -0.144. The highest BCUT2D eigenvalue weighted by Crippen LogP contribution is 2.44. The summed E-state index contributed by atoms with van der Waals surface area (Å²) in [6.45, 7) is 4.47. The Balaban J connectivity index is 1.40. The molecule has 0 radical (unpaired) electrons. The highest BCUT2D eigenvalue weighted by atomic mass is 19.1. The molecule has 5 rings (SSSR count). The van der Waals surface area contributed by atoms with Gasteiger partial charge in [0.2, 0.25) is 0 Å². The molecule has 0 bridgehead atoms. The first-order chi connectivity index (χ1) is 15.7. The van der Waals surface area contributed by atoms with E-state index in [2.05, 4.69) is 10.6 Å². The molecule has 2 aromatic rings. The average Bonchev–Trinajstić information content (AvgIpc) is 3.42. The second-order valence-electron chi connectivity index (χ2n) is 9.18. The minimum atomic E-state index is -0.645. The summed E-state index contributed by atoms with van der Waals surface area (Å²) >= 11 is 0. The number of fused-ring (bicyclic) bond motifs is 1. The van der Waals surface area contributed by atoms with Crippen molar-refractivity contribution < 1.29 is 23.5 Å². The van der Waals surface area contributed by atoms with Crippen molar-refractivity contribution in [3.8, 4) is 0 Å². The van der Waals surface area contributed by atoms with Gasteiger partial charge in [-0.05, 0) is 62.1 Å². The molecule has 2 aliphatic heterocycles. The fourth-order valence-corrected chi connectivity index (χ4v) is 4.45.